The summed E-state index contributed by atoms with van der Waals surface area (Å²) in [5.74, 6) is -0.201. The number of aromatic nitrogens is 2. The van der Waals surface area contributed by atoms with Crippen molar-refractivity contribution in [2.75, 3.05) is 11.1 Å². The van der Waals surface area contributed by atoms with Gasteiger partial charge in [-0.05, 0) is 96.1 Å². The van der Waals surface area contributed by atoms with E-state index in [0.717, 1.165) is 37.1 Å². The number of aryl methyl sites for hydroxylation is 1. The molecule has 2 aromatic heterocycles. The Morgan fingerprint density at radius 1 is 0.791 bits per heavy atom. The highest BCUT2D eigenvalue weighted by Gasteiger charge is 2.21. The molecule has 7 aromatic rings. The van der Waals surface area contributed by atoms with Gasteiger partial charge in [0.25, 0.3) is 16.0 Å². The van der Waals surface area contributed by atoms with Crippen molar-refractivity contribution >= 4 is 81.3 Å². The Morgan fingerprint density at radius 2 is 1.47 bits per heavy atom. The first-order chi connectivity index (χ1) is 20.6. The standard InChI is InChI=1S/C32H22N4O4S3/c1-17-2-12-26-28(29(17)43(38,39)40)42-32(36-26)22-8-13-25-27(16-22)41-31(35-25)18-6-10-24(11-7-18)34-30(37)21-4-3-20-15-23(33)9-5-19(20)14-21/h2-16H,33H2,1H3,(H,34,37)(H,38,39,40). The molecule has 0 aliphatic carbocycles. The number of carbonyl (C=O) groups is 1. The molecule has 0 atom stereocenters. The normalized spacial score (nSPS) is 11.9. The maximum atomic E-state index is 12.9. The Bertz CT molecular complexity index is 2340. The lowest BCUT2D eigenvalue weighted by molar-refractivity contribution is 0.102. The number of nitrogens with zero attached hydrogens (tertiary/aromatic N) is 2. The van der Waals surface area contributed by atoms with E-state index in [4.69, 9.17) is 10.7 Å². The molecular formula is C32H22N4O4S3. The van der Waals surface area contributed by atoms with Crippen molar-refractivity contribution in [2.24, 2.45) is 0 Å². The molecule has 0 saturated carbocycles. The zero-order chi connectivity index (χ0) is 29.9. The maximum absolute atomic E-state index is 12.9. The van der Waals surface area contributed by atoms with Gasteiger partial charge in [0.05, 0.1) is 20.4 Å². The summed E-state index contributed by atoms with van der Waals surface area (Å²) in [7, 11) is -4.39. The zero-order valence-electron chi connectivity index (χ0n) is 22.5. The highest BCUT2D eigenvalue weighted by Crippen LogP contribution is 2.38. The van der Waals surface area contributed by atoms with Crippen LogP contribution in [-0.2, 0) is 10.1 Å². The van der Waals surface area contributed by atoms with E-state index in [0.29, 0.717) is 37.7 Å². The van der Waals surface area contributed by atoms with Gasteiger partial charge >= 0.3 is 0 Å². The van der Waals surface area contributed by atoms with Crippen LogP contribution in [0, 0.1) is 6.92 Å². The van der Waals surface area contributed by atoms with Gasteiger partial charge in [0.15, 0.2) is 0 Å². The molecule has 0 radical (unpaired) electrons. The molecule has 0 saturated heterocycles. The van der Waals surface area contributed by atoms with Gasteiger partial charge in [-0.25, -0.2) is 9.97 Å². The SMILES string of the molecule is Cc1ccc2nc(-c3ccc4nc(-c5ccc(NC(=O)c6ccc7cc(N)ccc7c6)cc5)sc4c3)sc2c1S(=O)(=O)O. The summed E-state index contributed by atoms with van der Waals surface area (Å²) in [5, 5.41) is 6.35. The van der Waals surface area contributed by atoms with Gasteiger partial charge in [-0.2, -0.15) is 8.42 Å². The third-order valence-electron chi connectivity index (χ3n) is 7.12. The fourth-order valence-corrected chi connectivity index (χ4v) is 8.32. The van der Waals surface area contributed by atoms with Crippen LogP contribution in [0.3, 0.4) is 0 Å². The fourth-order valence-electron chi connectivity index (χ4n) is 5.00. The zero-order valence-corrected chi connectivity index (χ0v) is 25.0. The van der Waals surface area contributed by atoms with Crippen LogP contribution >= 0.6 is 22.7 Å². The molecule has 1 amide bonds. The number of hydrogen-bond acceptors (Lipinski definition) is 8. The first-order valence-corrected chi connectivity index (χ1v) is 16.2. The molecule has 11 heteroatoms. The molecule has 212 valence electrons. The first kappa shape index (κ1) is 27.2. The van der Waals surface area contributed by atoms with Crippen LogP contribution in [-0.4, -0.2) is 28.8 Å². The van der Waals surface area contributed by atoms with Crippen molar-refractivity contribution in [3.05, 3.63) is 102 Å². The minimum atomic E-state index is -4.39. The van der Waals surface area contributed by atoms with Gasteiger partial charge in [-0.1, -0.05) is 18.2 Å². The smallest absolute Gasteiger partial charge is 0.296 e. The molecule has 0 fully saturated rings. The average Bonchev–Trinajstić information content (AvgIpc) is 3.60. The number of benzene rings is 5. The van der Waals surface area contributed by atoms with E-state index in [1.807, 2.05) is 72.8 Å². The number of nitrogens with two attached hydrogens (primary N) is 1. The van der Waals surface area contributed by atoms with E-state index >= 15 is 0 Å². The number of carbonyl (C=O) groups excluding carboxylic acids is 1. The first-order valence-electron chi connectivity index (χ1n) is 13.1. The van der Waals surface area contributed by atoms with Crippen LogP contribution < -0.4 is 11.1 Å². The van der Waals surface area contributed by atoms with Gasteiger partial charge in [0.2, 0.25) is 0 Å². The number of amides is 1. The third kappa shape index (κ3) is 5.12. The Balaban J connectivity index is 1.13. The predicted molar refractivity (Wildman–Crippen MR) is 175 cm³/mol. The van der Waals surface area contributed by atoms with Gasteiger partial charge in [-0.15, -0.1) is 22.7 Å². The van der Waals surface area contributed by atoms with E-state index < -0.39 is 10.1 Å². The van der Waals surface area contributed by atoms with Gasteiger partial charge in [0.1, 0.15) is 14.9 Å². The van der Waals surface area contributed by atoms with Gasteiger partial charge in [-0.3, -0.25) is 9.35 Å². The summed E-state index contributed by atoms with van der Waals surface area (Å²) in [5.41, 5.74) is 11.3. The van der Waals surface area contributed by atoms with E-state index in [9.17, 15) is 17.8 Å². The molecule has 0 unspecified atom stereocenters. The Hall–Kier alpha value is -4.68. The molecule has 8 nitrogen and oxygen atoms in total. The summed E-state index contributed by atoms with van der Waals surface area (Å²) in [4.78, 5) is 22.2. The van der Waals surface area contributed by atoms with Crippen LogP contribution in [0.5, 0.6) is 0 Å². The van der Waals surface area contributed by atoms with Crippen LogP contribution in [0.15, 0.2) is 95.9 Å². The molecule has 0 spiro atoms. The van der Waals surface area contributed by atoms with E-state index in [1.165, 1.54) is 22.7 Å². The van der Waals surface area contributed by atoms with Crippen molar-refractivity contribution in [1.29, 1.82) is 0 Å². The van der Waals surface area contributed by atoms with E-state index in [1.54, 1.807) is 25.1 Å². The summed E-state index contributed by atoms with van der Waals surface area (Å²) < 4.78 is 35.2. The second kappa shape index (κ2) is 10.2. The Morgan fingerprint density at radius 3 is 2.26 bits per heavy atom. The second-order valence-corrected chi connectivity index (χ2v) is 13.5. The van der Waals surface area contributed by atoms with Crippen molar-refractivity contribution in [3.63, 3.8) is 0 Å². The summed E-state index contributed by atoms with van der Waals surface area (Å²) in [6, 6.07) is 27.9. The molecule has 5 aromatic carbocycles. The highest BCUT2D eigenvalue weighted by atomic mass is 32.2. The Kier molecular flexibility index (Phi) is 6.47. The quantitative estimate of drug-likeness (QED) is 0.132. The number of fused-ring (bicyclic) bond motifs is 3. The topological polar surface area (TPSA) is 135 Å². The van der Waals surface area contributed by atoms with Crippen LogP contribution in [0.4, 0.5) is 11.4 Å². The van der Waals surface area contributed by atoms with Crippen molar-refractivity contribution in [3.8, 4) is 21.1 Å². The van der Waals surface area contributed by atoms with Crippen LogP contribution in [0.2, 0.25) is 0 Å². The molecule has 7 rings (SSSR count). The summed E-state index contributed by atoms with van der Waals surface area (Å²) in [6.45, 7) is 1.65. The molecule has 4 N–H and O–H groups in total. The van der Waals surface area contributed by atoms with E-state index in [-0.39, 0.29) is 10.8 Å². The second-order valence-electron chi connectivity index (χ2n) is 10.1. The number of rotatable bonds is 5. The highest BCUT2D eigenvalue weighted by molar-refractivity contribution is 7.86. The number of nitrogens with one attached hydrogen (secondary N) is 1. The third-order valence-corrected chi connectivity index (χ3v) is 10.5. The van der Waals surface area contributed by atoms with Gasteiger partial charge in [0, 0.05) is 28.1 Å². The molecule has 43 heavy (non-hydrogen) atoms. The molecule has 0 aliphatic rings. The lowest BCUT2D eigenvalue weighted by atomic mass is 10.1. The largest absolute Gasteiger partial charge is 0.399 e. The Labute approximate surface area is 254 Å². The number of nitrogen functional groups attached to an aromatic ring is 1. The number of thiazole rings is 2. The molecule has 2 heterocycles. The average molecular weight is 623 g/mol. The van der Waals surface area contributed by atoms with Gasteiger partial charge < -0.3 is 11.1 Å². The van der Waals surface area contributed by atoms with Crippen molar-refractivity contribution in [1.82, 2.24) is 9.97 Å². The number of anilines is 2. The minimum Gasteiger partial charge on any atom is -0.399 e. The lowest BCUT2D eigenvalue weighted by Crippen LogP contribution is -2.11. The predicted octanol–water partition coefficient (Wildman–Crippen LogP) is 7.78. The molecule has 0 bridgehead atoms. The summed E-state index contributed by atoms with van der Waals surface area (Å²) >= 11 is 2.76. The van der Waals surface area contributed by atoms with E-state index in [2.05, 4.69) is 10.3 Å². The van der Waals surface area contributed by atoms with Crippen LogP contribution in [0.25, 0.3) is 52.3 Å². The maximum Gasteiger partial charge on any atom is 0.296 e. The fraction of sp³-hybridized carbons (Fsp3) is 0.0312. The van der Waals surface area contributed by atoms with Crippen molar-refractivity contribution < 1.29 is 17.8 Å². The lowest BCUT2D eigenvalue weighted by Gasteiger charge is -2.07. The minimum absolute atomic E-state index is 0.0996. The monoisotopic (exact) mass is 622 g/mol. The number of hydrogen-bond donors (Lipinski definition) is 3. The van der Waals surface area contributed by atoms with Crippen molar-refractivity contribution in [2.45, 2.75) is 11.8 Å². The molecular weight excluding hydrogens is 601 g/mol. The van der Waals surface area contributed by atoms with Crippen LogP contribution in [0.1, 0.15) is 15.9 Å². The summed E-state index contributed by atoms with van der Waals surface area (Å²) in [6.07, 6.45) is 0. The molecule has 0 aliphatic heterocycles.